The Hall–Kier alpha value is -1.31. The Labute approximate surface area is 114 Å². The second-order valence-corrected chi connectivity index (χ2v) is 4.88. The fraction of sp³-hybridized carbons (Fsp3) is 0.250. The second-order valence-electron chi connectivity index (χ2n) is 4.44. The molecule has 1 N–H and O–H groups in total. The highest BCUT2D eigenvalue weighted by Gasteiger charge is 2.03. The Kier molecular flexibility index (Phi) is 4.40. The first-order chi connectivity index (χ1) is 8.70. The third kappa shape index (κ3) is 3.12. The van der Waals surface area contributed by atoms with Gasteiger partial charge < -0.3 is 5.32 Å². The quantitative estimate of drug-likeness (QED) is 0.857. The molecule has 0 atom stereocenters. The molecule has 0 unspecified atom stereocenters. The summed E-state index contributed by atoms with van der Waals surface area (Å²) in [7, 11) is 0. The van der Waals surface area contributed by atoms with Gasteiger partial charge in [0.25, 0.3) is 0 Å². The van der Waals surface area contributed by atoms with E-state index in [1.807, 2.05) is 18.2 Å². The average Bonchev–Trinajstić information content (AvgIpc) is 2.36. The lowest BCUT2D eigenvalue weighted by atomic mass is 9.98. The molecule has 18 heavy (non-hydrogen) atoms. The van der Waals surface area contributed by atoms with E-state index < -0.39 is 0 Å². The summed E-state index contributed by atoms with van der Waals surface area (Å²) in [6, 6.07) is 14.6. The minimum Gasteiger partial charge on any atom is -0.313 e. The van der Waals surface area contributed by atoms with Gasteiger partial charge in [-0.3, -0.25) is 0 Å². The Morgan fingerprint density at radius 1 is 1.11 bits per heavy atom. The van der Waals surface area contributed by atoms with Crippen LogP contribution < -0.4 is 5.32 Å². The van der Waals surface area contributed by atoms with Crippen LogP contribution in [-0.2, 0) is 6.54 Å². The van der Waals surface area contributed by atoms with Crippen LogP contribution in [0.5, 0.6) is 0 Å². The predicted molar refractivity (Wildman–Crippen MR) is 79.0 cm³/mol. The van der Waals surface area contributed by atoms with Gasteiger partial charge in [0.15, 0.2) is 0 Å². The Morgan fingerprint density at radius 2 is 1.94 bits per heavy atom. The SMILES string of the molecule is CCNCc1ccc(-c2cccc(Cl)c2)c(C)c1. The lowest BCUT2D eigenvalue weighted by molar-refractivity contribution is 0.726. The summed E-state index contributed by atoms with van der Waals surface area (Å²) in [6.45, 7) is 6.18. The fourth-order valence-corrected chi connectivity index (χ4v) is 2.28. The van der Waals surface area contributed by atoms with Crippen LogP contribution in [0.2, 0.25) is 5.02 Å². The lowest BCUT2D eigenvalue weighted by Crippen LogP contribution is -2.11. The van der Waals surface area contributed by atoms with Gasteiger partial charge >= 0.3 is 0 Å². The molecule has 1 nitrogen and oxygen atoms in total. The maximum absolute atomic E-state index is 6.04. The van der Waals surface area contributed by atoms with Gasteiger partial charge in [-0.2, -0.15) is 0 Å². The van der Waals surface area contributed by atoms with Crippen LogP contribution in [0.4, 0.5) is 0 Å². The van der Waals surface area contributed by atoms with Crippen molar-refractivity contribution < 1.29 is 0 Å². The van der Waals surface area contributed by atoms with Gasteiger partial charge in [-0.05, 0) is 47.9 Å². The molecule has 94 valence electrons. The van der Waals surface area contributed by atoms with E-state index in [9.17, 15) is 0 Å². The molecular formula is C16H18ClN. The van der Waals surface area contributed by atoms with Crippen molar-refractivity contribution in [3.63, 3.8) is 0 Å². The molecule has 0 heterocycles. The lowest BCUT2D eigenvalue weighted by Gasteiger charge is -2.09. The van der Waals surface area contributed by atoms with Crippen LogP contribution in [0.25, 0.3) is 11.1 Å². The van der Waals surface area contributed by atoms with Crippen LogP contribution >= 0.6 is 11.6 Å². The first-order valence-electron chi connectivity index (χ1n) is 6.27. The molecule has 0 fully saturated rings. The molecule has 0 aromatic heterocycles. The number of halogens is 1. The van der Waals surface area contributed by atoms with Gasteiger partial charge in [-0.25, -0.2) is 0 Å². The minimum atomic E-state index is 0.781. The fourth-order valence-electron chi connectivity index (χ4n) is 2.08. The van der Waals surface area contributed by atoms with Crippen molar-refractivity contribution in [3.8, 4) is 11.1 Å². The van der Waals surface area contributed by atoms with E-state index in [0.717, 1.165) is 18.1 Å². The van der Waals surface area contributed by atoms with Gasteiger partial charge in [-0.15, -0.1) is 0 Å². The van der Waals surface area contributed by atoms with Gasteiger partial charge in [0, 0.05) is 11.6 Å². The van der Waals surface area contributed by atoms with E-state index in [-0.39, 0.29) is 0 Å². The smallest absolute Gasteiger partial charge is 0.0412 e. The van der Waals surface area contributed by atoms with Crippen molar-refractivity contribution in [2.24, 2.45) is 0 Å². The van der Waals surface area contributed by atoms with Crippen molar-refractivity contribution >= 4 is 11.6 Å². The summed E-state index contributed by atoms with van der Waals surface area (Å²) in [5, 5.41) is 4.12. The van der Waals surface area contributed by atoms with E-state index in [2.05, 4.69) is 43.4 Å². The highest BCUT2D eigenvalue weighted by Crippen LogP contribution is 2.26. The predicted octanol–water partition coefficient (Wildman–Crippen LogP) is 4.42. The zero-order valence-corrected chi connectivity index (χ0v) is 11.6. The van der Waals surface area contributed by atoms with Crippen LogP contribution in [0.3, 0.4) is 0 Å². The molecule has 0 aliphatic carbocycles. The molecule has 2 aromatic carbocycles. The van der Waals surface area contributed by atoms with Gasteiger partial charge in [-0.1, -0.05) is 48.9 Å². The van der Waals surface area contributed by atoms with E-state index in [1.54, 1.807) is 0 Å². The molecule has 2 rings (SSSR count). The third-order valence-corrected chi connectivity index (χ3v) is 3.24. The zero-order chi connectivity index (χ0) is 13.0. The molecule has 0 radical (unpaired) electrons. The summed E-state index contributed by atoms with van der Waals surface area (Å²) < 4.78 is 0. The highest BCUT2D eigenvalue weighted by atomic mass is 35.5. The molecule has 2 aromatic rings. The van der Waals surface area contributed by atoms with Crippen molar-refractivity contribution in [3.05, 3.63) is 58.6 Å². The van der Waals surface area contributed by atoms with E-state index >= 15 is 0 Å². The van der Waals surface area contributed by atoms with E-state index in [1.165, 1.54) is 22.3 Å². The average molecular weight is 260 g/mol. The first kappa shape index (κ1) is 13.1. The summed E-state index contributed by atoms with van der Waals surface area (Å²) in [5.74, 6) is 0. The maximum atomic E-state index is 6.04. The normalized spacial score (nSPS) is 10.6. The topological polar surface area (TPSA) is 12.0 Å². The van der Waals surface area contributed by atoms with Crippen LogP contribution in [0.15, 0.2) is 42.5 Å². The molecule has 0 aliphatic rings. The summed E-state index contributed by atoms with van der Waals surface area (Å²) >= 11 is 6.04. The minimum absolute atomic E-state index is 0.781. The largest absolute Gasteiger partial charge is 0.313 e. The van der Waals surface area contributed by atoms with Crippen LogP contribution in [-0.4, -0.2) is 6.54 Å². The summed E-state index contributed by atoms with van der Waals surface area (Å²) in [4.78, 5) is 0. The number of rotatable bonds is 4. The summed E-state index contributed by atoms with van der Waals surface area (Å²) in [6.07, 6.45) is 0. The van der Waals surface area contributed by atoms with Crippen molar-refractivity contribution in [2.75, 3.05) is 6.54 Å². The Morgan fingerprint density at radius 3 is 2.61 bits per heavy atom. The molecular weight excluding hydrogens is 242 g/mol. The zero-order valence-electron chi connectivity index (χ0n) is 10.8. The van der Waals surface area contributed by atoms with E-state index in [0.29, 0.717) is 0 Å². The van der Waals surface area contributed by atoms with Crippen molar-refractivity contribution in [2.45, 2.75) is 20.4 Å². The molecule has 0 saturated carbocycles. The highest BCUT2D eigenvalue weighted by molar-refractivity contribution is 6.30. The number of nitrogens with one attached hydrogen (secondary N) is 1. The first-order valence-corrected chi connectivity index (χ1v) is 6.64. The molecule has 0 spiro atoms. The van der Waals surface area contributed by atoms with Crippen molar-refractivity contribution in [1.29, 1.82) is 0 Å². The van der Waals surface area contributed by atoms with Gasteiger partial charge in [0.05, 0.1) is 0 Å². The Balaban J connectivity index is 2.29. The van der Waals surface area contributed by atoms with Crippen LogP contribution in [0, 0.1) is 6.92 Å². The third-order valence-electron chi connectivity index (χ3n) is 3.01. The molecule has 0 saturated heterocycles. The van der Waals surface area contributed by atoms with Gasteiger partial charge in [0.2, 0.25) is 0 Å². The number of hydrogen-bond acceptors (Lipinski definition) is 1. The second kappa shape index (κ2) is 6.03. The maximum Gasteiger partial charge on any atom is 0.0412 e. The monoisotopic (exact) mass is 259 g/mol. The van der Waals surface area contributed by atoms with Crippen LogP contribution in [0.1, 0.15) is 18.1 Å². The number of hydrogen-bond donors (Lipinski definition) is 1. The Bertz CT molecular complexity index is 534. The summed E-state index contributed by atoms with van der Waals surface area (Å²) in [5.41, 5.74) is 5.03. The van der Waals surface area contributed by atoms with Gasteiger partial charge in [0.1, 0.15) is 0 Å². The number of benzene rings is 2. The van der Waals surface area contributed by atoms with E-state index in [4.69, 9.17) is 11.6 Å². The molecule has 2 heteroatoms. The number of aryl methyl sites for hydroxylation is 1. The standard InChI is InChI=1S/C16H18ClN/c1-3-18-11-13-7-8-16(12(2)9-13)14-5-4-6-15(17)10-14/h4-10,18H,3,11H2,1-2H3. The molecule has 0 bridgehead atoms. The molecule has 0 amide bonds. The molecule has 0 aliphatic heterocycles. The van der Waals surface area contributed by atoms with Crippen molar-refractivity contribution in [1.82, 2.24) is 5.32 Å².